The Morgan fingerprint density at radius 1 is 1.60 bits per heavy atom. The van der Waals surface area contributed by atoms with Crippen molar-refractivity contribution in [2.75, 3.05) is 0 Å². The fourth-order valence-corrected chi connectivity index (χ4v) is 0.939. The summed E-state index contributed by atoms with van der Waals surface area (Å²) in [7, 11) is 0. The fraction of sp³-hybridized carbons (Fsp3) is 0.333. The predicted octanol–water partition coefficient (Wildman–Crippen LogP) is -0.0588. The second kappa shape index (κ2) is 4.61. The van der Waals surface area contributed by atoms with Crippen molar-refractivity contribution in [3.05, 3.63) is 23.7 Å². The van der Waals surface area contributed by atoms with Crippen LogP contribution in [0.25, 0.3) is 0 Å². The molecule has 1 atom stereocenters. The maximum Gasteiger partial charge on any atom is 0.325 e. The van der Waals surface area contributed by atoms with Gasteiger partial charge >= 0.3 is 5.97 Å². The quantitative estimate of drug-likeness (QED) is 0.648. The van der Waals surface area contributed by atoms with E-state index in [1.165, 1.54) is 13.0 Å². The minimum absolute atomic E-state index is 0.0588. The van der Waals surface area contributed by atoms with E-state index in [9.17, 15) is 9.59 Å². The lowest BCUT2D eigenvalue weighted by Gasteiger charge is -2.06. The van der Waals surface area contributed by atoms with Gasteiger partial charge in [0.2, 0.25) is 0 Å². The van der Waals surface area contributed by atoms with Gasteiger partial charge in [0.05, 0.1) is 6.54 Å². The number of carboxylic acid groups (broad SMARTS) is 1. The standard InChI is InChI=1S/C9H12N2O4/c1-5(9(13)14)11-8(12)7-3-2-6(4-10)15-7/h2-3,5H,4,10H2,1H3,(H,11,12)(H,13,14)/t5-/m1/s1. The van der Waals surface area contributed by atoms with Crippen LogP contribution in [0.4, 0.5) is 0 Å². The number of carbonyl (C=O) groups excluding carboxylic acids is 1. The third kappa shape index (κ3) is 2.81. The Kier molecular flexibility index (Phi) is 3.46. The minimum Gasteiger partial charge on any atom is -0.480 e. The molecule has 15 heavy (non-hydrogen) atoms. The third-order valence-corrected chi connectivity index (χ3v) is 1.80. The topological polar surface area (TPSA) is 106 Å². The van der Waals surface area contributed by atoms with Crippen molar-refractivity contribution in [3.63, 3.8) is 0 Å². The lowest BCUT2D eigenvalue weighted by Crippen LogP contribution is -2.38. The van der Waals surface area contributed by atoms with Gasteiger partial charge in [-0.3, -0.25) is 9.59 Å². The number of hydrogen-bond acceptors (Lipinski definition) is 4. The van der Waals surface area contributed by atoms with Gasteiger partial charge in [0, 0.05) is 0 Å². The van der Waals surface area contributed by atoms with Crippen LogP contribution in [0.1, 0.15) is 23.2 Å². The number of nitrogens with one attached hydrogen (secondary N) is 1. The molecule has 1 aromatic heterocycles. The maximum absolute atomic E-state index is 11.4. The summed E-state index contributed by atoms with van der Waals surface area (Å²) in [4.78, 5) is 21.8. The van der Waals surface area contributed by atoms with Crippen LogP contribution in [0.15, 0.2) is 16.5 Å². The van der Waals surface area contributed by atoms with Crippen LogP contribution in [0.5, 0.6) is 0 Å². The van der Waals surface area contributed by atoms with E-state index in [0.29, 0.717) is 5.76 Å². The van der Waals surface area contributed by atoms with E-state index < -0.39 is 17.9 Å². The average molecular weight is 212 g/mol. The van der Waals surface area contributed by atoms with Gasteiger partial charge in [-0.25, -0.2) is 0 Å². The average Bonchev–Trinajstić information content (AvgIpc) is 2.65. The van der Waals surface area contributed by atoms with Crippen molar-refractivity contribution in [2.24, 2.45) is 5.73 Å². The molecule has 1 aromatic rings. The van der Waals surface area contributed by atoms with E-state index in [4.69, 9.17) is 15.3 Å². The van der Waals surface area contributed by atoms with Gasteiger partial charge in [-0.1, -0.05) is 0 Å². The normalized spacial score (nSPS) is 12.1. The molecule has 1 heterocycles. The van der Waals surface area contributed by atoms with Crippen LogP contribution in [-0.2, 0) is 11.3 Å². The van der Waals surface area contributed by atoms with Crippen molar-refractivity contribution in [3.8, 4) is 0 Å². The summed E-state index contributed by atoms with van der Waals surface area (Å²) in [6, 6.07) is 2.07. The zero-order valence-corrected chi connectivity index (χ0v) is 8.19. The molecule has 4 N–H and O–H groups in total. The molecule has 6 heteroatoms. The molecule has 82 valence electrons. The molecule has 0 aliphatic heterocycles. The lowest BCUT2D eigenvalue weighted by molar-refractivity contribution is -0.138. The number of carbonyl (C=O) groups is 2. The first-order valence-electron chi connectivity index (χ1n) is 4.37. The molecule has 1 amide bonds. The second-order valence-corrected chi connectivity index (χ2v) is 3.00. The first-order valence-corrected chi connectivity index (χ1v) is 4.37. The number of rotatable bonds is 4. The minimum atomic E-state index is -1.10. The van der Waals surface area contributed by atoms with E-state index in [2.05, 4.69) is 5.32 Å². The van der Waals surface area contributed by atoms with Crippen LogP contribution in [0.2, 0.25) is 0 Å². The number of aliphatic carboxylic acids is 1. The van der Waals surface area contributed by atoms with Crippen molar-refractivity contribution in [1.82, 2.24) is 5.32 Å². The van der Waals surface area contributed by atoms with E-state index in [-0.39, 0.29) is 12.3 Å². The molecule has 0 saturated carbocycles. The highest BCUT2D eigenvalue weighted by Gasteiger charge is 2.17. The summed E-state index contributed by atoms with van der Waals surface area (Å²) in [5.41, 5.74) is 5.29. The summed E-state index contributed by atoms with van der Waals surface area (Å²) in [5.74, 6) is -1.13. The second-order valence-electron chi connectivity index (χ2n) is 3.00. The highest BCUT2D eigenvalue weighted by Crippen LogP contribution is 2.06. The Hall–Kier alpha value is -1.82. The van der Waals surface area contributed by atoms with Crippen molar-refractivity contribution in [2.45, 2.75) is 19.5 Å². The Morgan fingerprint density at radius 3 is 2.73 bits per heavy atom. The smallest absolute Gasteiger partial charge is 0.325 e. The van der Waals surface area contributed by atoms with Gasteiger partial charge in [0.1, 0.15) is 11.8 Å². The van der Waals surface area contributed by atoms with Gasteiger partial charge in [0.25, 0.3) is 5.91 Å². The molecular formula is C9H12N2O4. The van der Waals surface area contributed by atoms with Gasteiger partial charge in [-0.05, 0) is 19.1 Å². The zero-order chi connectivity index (χ0) is 11.4. The first-order chi connectivity index (χ1) is 7.04. The summed E-state index contributed by atoms with van der Waals surface area (Å²) in [6.45, 7) is 1.56. The third-order valence-electron chi connectivity index (χ3n) is 1.80. The summed E-state index contributed by atoms with van der Waals surface area (Å²) in [5, 5.41) is 10.8. The number of hydrogen-bond donors (Lipinski definition) is 3. The molecule has 1 rings (SSSR count). The first kappa shape index (κ1) is 11.3. The summed E-state index contributed by atoms with van der Waals surface area (Å²) in [6.07, 6.45) is 0. The fourth-order valence-electron chi connectivity index (χ4n) is 0.939. The van der Waals surface area contributed by atoms with Crippen LogP contribution in [0, 0.1) is 0 Å². The molecule has 0 saturated heterocycles. The molecule has 0 aliphatic rings. The highest BCUT2D eigenvalue weighted by molar-refractivity contribution is 5.94. The number of nitrogens with two attached hydrogens (primary N) is 1. The van der Waals surface area contributed by atoms with E-state index in [0.717, 1.165) is 0 Å². The van der Waals surface area contributed by atoms with Crippen molar-refractivity contribution < 1.29 is 19.1 Å². The molecular weight excluding hydrogens is 200 g/mol. The monoisotopic (exact) mass is 212 g/mol. The SMILES string of the molecule is C[C@@H](NC(=O)c1ccc(CN)o1)C(=O)O. The van der Waals surface area contributed by atoms with Gasteiger partial charge in [-0.15, -0.1) is 0 Å². The van der Waals surface area contributed by atoms with Crippen LogP contribution < -0.4 is 11.1 Å². The molecule has 0 radical (unpaired) electrons. The number of furan rings is 1. The van der Waals surface area contributed by atoms with Gasteiger partial charge in [0.15, 0.2) is 5.76 Å². The molecule has 0 fully saturated rings. The van der Waals surface area contributed by atoms with E-state index in [1.54, 1.807) is 6.07 Å². The highest BCUT2D eigenvalue weighted by atomic mass is 16.4. The Bertz CT molecular complexity index is 372. The zero-order valence-electron chi connectivity index (χ0n) is 8.19. The summed E-state index contributed by atoms with van der Waals surface area (Å²) < 4.78 is 5.05. The number of amides is 1. The van der Waals surface area contributed by atoms with E-state index in [1.807, 2.05) is 0 Å². The molecule has 0 aromatic carbocycles. The predicted molar refractivity (Wildman–Crippen MR) is 51.2 cm³/mol. The Morgan fingerprint density at radius 2 is 2.27 bits per heavy atom. The number of carboxylic acids is 1. The van der Waals surface area contributed by atoms with Crippen LogP contribution in [0.3, 0.4) is 0 Å². The van der Waals surface area contributed by atoms with Gasteiger partial charge < -0.3 is 20.6 Å². The molecule has 0 unspecified atom stereocenters. The van der Waals surface area contributed by atoms with Crippen molar-refractivity contribution in [1.29, 1.82) is 0 Å². The lowest BCUT2D eigenvalue weighted by atomic mass is 10.3. The Labute approximate surface area is 86.1 Å². The van der Waals surface area contributed by atoms with E-state index >= 15 is 0 Å². The molecule has 0 bridgehead atoms. The summed E-state index contributed by atoms with van der Waals surface area (Å²) >= 11 is 0. The molecule has 0 spiro atoms. The van der Waals surface area contributed by atoms with Crippen molar-refractivity contribution >= 4 is 11.9 Å². The van der Waals surface area contributed by atoms with Crippen LogP contribution in [-0.4, -0.2) is 23.0 Å². The Balaban J connectivity index is 2.65. The largest absolute Gasteiger partial charge is 0.480 e. The van der Waals surface area contributed by atoms with Gasteiger partial charge in [-0.2, -0.15) is 0 Å². The van der Waals surface area contributed by atoms with Crippen LogP contribution >= 0.6 is 0 Å². The molecule has 0 aliphatic carbocycles. The maximum atomic E-state index is 11.4. The molecule has 6 nitrogen and oxygen atoms in total.